The van der Waals surface area contributed by atoms with Crippen LogP contribution in [-0.2, 0) is 4.74 Å². The van der Waals surface area contributed by atoms with Crippen LogP contribution in [0.2, 0.25) is 0 Å². The number of nitrogens with one attached hydrogen (secondary N) is 1. The number of hydrogen-bond donors (Lipinski definition) is 3. The Balaban J connectivity index is 2.35. The fourth-order valence-corrected chi connectivity index (χ4v) is 2.33. The van der Waals surface area contributed by atoms with Crippen molar-refractivity contribution in [2.75, 3.05) is 0 Å². The summed E-state index contributed by atoms with van der Waals surface area (Å²) in [7, 11) is 0. The molecule has 0 radical (unpaired) electrons. The van der Waals surface area contributed by atoms with E-state index in [4.69, 9.17) is 14.9 Å². The Morgan fingerprint density at radius 3 is 2.67 bits per heavy atom. The fraction of sp³-hybridized carbons (Fsp3) is 0.636. The first kappa shape index (κ1) is 13.0. The van der Waals surface area contributed by atoms with Crippen LogP contribution in [0.4, 0.5) is 0 Å². The first-order chi connectivity index (χ1) is 8.40. The second-order valence-corrected chi connectivity index (χ2v) is 4.63. The second-order valence-electron chi connectivity index (χ2n) is 4.63. The summed E-state index contributed by atoms with van der Waals surface area (Å²) in [5, 5.41) is 18.3. The zero-order valence-electron chi connectivity index (χ0n) is 10.2. The van der Waals surface area contributed by atoms with Crippen molar-refractivity contribution in [2.45, 2.75) is 38.9 Å². The molecule has 3 N–H and O–H groups in total. The van der Waals surface area contributed by atoms with Crippen LogP contribution in [0.1, 0.15) is 25.3 Å². The standard InChI is InChI=1S/C11H16N2O5/c1-5-3-8(18-9(5)10(15)16)13-6(2)4-7(14)12-11(13)17/h4-5,8-10,15-16H,3H2,1-2H3,(H,12,14,17). The van der Waals surface area contributed by atoms with Gasteiger partial charge in [0.15, 0.2) is 6.29 Å². The molecule has 2 heterocycles. The average Bonchev–Trinajstić information content (AvgIpc) is 2.58. The molecule has 1 saturated heterocycles. The van der Waals surface area contributed by atoms with Gasteiger partial charge in [-0.1, -0.05) is 6.92 Å². The lowest BCUT2D eigenvalue weighted by Crippen LogP contribution is -2.35. The molecular formula is C11H16N2O5. The summed E-state index contributed by atoms with van der Waals surface area (Å²) in [4.78, 5) is 25.0. The van der Waals surface area contributed by atoms with Crippen molar-refractivity contribution in [3.05, 3.63) is 32.6 Å². The molecule has 18 heavy (non-hydrogen) atoms. The molecule has 0 saturated carbocycles. The number of H-pyrrole nitrogens is 1. The van der Waals surface area contributed by atoms with Crippen molar-refractivity contribution in [1.29, 1.82) is 0 Å². The maximum atomic E-state index is 11.7. The fourth-order valence-electron chi connectivity index (χ4n) is 2.33. The number of nitrogens with zero attached hydrogens (tertiary/aromatic N) is 1. The van der Waals surface area contributed by atoms with E-state index in [2.05, 4.69) is 4.98 Å². The Labute approximate surface area is 103 Å². The topological polar surface area (TPSA) is 105 Å². The first-order valence-electron chi connectivity index (χ1n) is 5.74. The van der Waals surface area contributed by atoms with E-state index < -0.39 is 29.9 Å². The Hall–Kier alpha value is -1.44. The first-order valence-corrected chi connectivity index (χ1v) is 5.74. The monoisotopic (exact) mass is 256 g/mol. The maximum absolute atomic E-state index is 11.7. The van der Waals surface area contributed by atoms with Gasteiger partial charge >= 0.3 is 5.69 Å². The van der Waals surface area contributed by atoms with Crippen molar-refractivity contribution >= 4 is 0 Å². The molecule has 0 amide bonds. The molecule has 100 valence electrons. The molecule has 7 nitrogen and oxygen atoms in total. The lowest BCUT2D eigenvalue weighted by atomic mass is 10.0. The summed E-state index contributed by atoms with van der Waals surface area (Å²) in [5.41, 5.74) is -0.530. The van der Waals surface area contributed by atoms with E-state index in [1.807, 2.05) is 6.92 Å². The normalized spacial score (nSPS) is 27.9. The van der Waals surface area contributed by atoms with E-state index in [1.165, 1.54) is 10.6 Å². The largest absolute Gasteiger partial charge is 0.366 e. The minimum atomic E-state index is -1.58. The molecular weight excluding hydrogens is 240 g/mol. The summed E-state index contributed by atoms with van der Waals surface area (Å²) in [5.74, 6) is -0.0896. The highest BCUT2D eigenvalue weighted by atomic mass is 16.6. The van der Waals surface area contributed by atoms with Crippen LogP contribution in [0.5, 0.6) is 0 Å². The van der Waals surface area contributed by atoms with Gasteiger partial charge in [0.05, 0.1) is 0 Å². The van der Waals surface area contributed by atoms with E-state index >= 15 is 0 Å². The third-order valence-electron chi connectivity index (χ3n) is 3.20. The van der Waals surface area contributed by atoms with Crippen molar-refractivity contribution in [3.8, 4) is 0 Å². The van der Waals surface area contributed by atoms with E-state index in [0.29, 0.717) is 12.1 Å². The predicted octanol–water partition coefficient (Wildman–Crippen LogP) is -0.921. The summed E-state index contributed by atoms with van der Waals surface area (Å²) in [6, 6.07) is 1.30. The molecule has 1 fully saturated rings. The van der Waals surface area contributed by atoms with Crippen molar-refractivity contribution in [1.82, 2.24) is 9.55 Å². The molecule has 0 spiro atoms. The van der Waals surface area contributed by atoms with Crippen LogP contribution < -0.4 is 11.2 Å². The van der Waals surface area contributed by atoms with Gasteiger partial charge in [0.25, 0.3) is 5.56 Å². The summed E-state index contributed by atoms with van der Waals surface area (Å²) in [6.07, 6.45) is -2.41. The van der Waals surface area contributed by atoms with Crippen LogP contribution in [0.15, 0.2) is 15.7 Å². The molecule has 1 aromatic rings. The Bertz CT molecular complexity index is 547. The van der Waals surface area contributed by atoms with Gasteiger partial charge in [-0.15, -0.1) is 0 Å². The number of ether oxygens (including phenoxy) is 1. The van der Waals surface area contributed by atoms with Crippen LogP contribution in [0, 0.1) is 12.8 Å². The molecule has 0 aliphatic carbocycles. The lowest BCUT2D eigenvalue weighted by molar-refractivity contribution is -0.158. The van der Waals surface area contributed by atoms with Gasteiger partial charge in [-0.25, -0.2) is 4.79 Å². The zero-order valence-corrected chi connectivity index (χ0v) is 10.2. The number of hydrogen-bond acceptors (Lipinski definition) is 5. The maximum Gasteiger partial charge on any atom is 0.330 e. The molecule has 2 rings (SSSR count). The third-order valence-corrected chi connectivity index (χ3v) is 3.20. The summed E-state index contributed by atoms with van der Waals surface area (Å²) in [6.45, 7) is 3.45. The van der Waals surface area contributed by atoms with Crippen molar-refractivity contribution in [3.63, 3.8) is 0 Å². The minimum absolute atomic E-state index is 0.0896. The SMILES string of the molecule is Cc1cc(=O)[nH]c(=O)n1C1CC(C)C(C(O)O)O1. The molecule has 1 aromatic heterocycles. The molecule has 3 atom stereocenters. The van der Waals surface area contributed by atoms with Crippen LogP contribution >= 0.6 is 0 Å². The predicted molar refractivity (Wildman–Crippen MR) is 62.0 cm³/mol. The van der Waals surface area contributed by atoms with Crippen molar-refractivity contribution < 1.29 is 14.9 Å². The molecule has 1 aliphatic heterocycles. The summed E-state index contributed by atoms with van der Waals surface area (Å²) >= 11 is 0. The van der Waals surface area contributed by atoms with Crippen LogP contribution in [0.25, 0.3) is 0 Å². The van der Waals surface area contributed by atoms with Gasteiger partial charge in [0.1, 0.15) is 12.3 Å². The second kappa shape index (κ2) is 4.68. The molecule has 7 heteroatoms. The van der Waals surface area contributed by atoms with Gasteiger partial charge in [-0.05, 0) is 19.3 Å². The zero-order chi connectivity index (χ0) is 13.4. The Morgan fingerprint density at radius 1 is 1.50 bits per heavy atom. The number of aromatic amines is 1. The highest BCUT2D eigenvalue weighted by Gasteiger charge is 2.37. The highest BCUT2D eigenvalue weighted by Crippen LogP contribution is 2.33. The van der Waals surface area contributed by atoms with E-state index in [0.717, 1.165) is 0 Å². The quantitative estimate of drug-likeness (QED) is 0.593. The highest BCUT2D eigenvalue weighted by molar-refractivity contribution is 5.00. The molecule has 0 aromatic carbocycles. The molecule has 1 aliphatic rings. The van der Waals surface area contributed by atoms with Gasteiger partial charge < -0.3 is 14.9 Å². The van der Waals surface area contributed by atoms with Crippen LogP contribution in [0.3, 0.4) is 0 Å². The Morgan fingerprint density at radius 2 is 2.17 bits per heavy atom. The molecule has 3 unspecified atom stereocenters. The van der Waals surface area contributed by atoms with Gasteiger partial charge in [-0.3, -0.25) is 14.3 Å². The third kappa shape index (κ3) is 2.24. The van der Waals surface area contributed by atoms with Gasteiger partial charge in [-0.2, -0.15) is 0 Å². The summed E-state index contributed by atoms with van der Waals surface area (Å²) < 4.78 is 6.78. The number of rotatable bonds is 2. The lowest BCUT2D eigenvalue weighted by Gasteiger charge is -2.19. The van der Waals surface area contributed by atoms with Gasteiger partial charge in [0, 0.05) is 11.8 Å². The smallest absolute Gasteiger partial charge is 0.330 e. The number of aliphatic hydroxyl groups is 2. The Kier molecular flexibility index (Phi) is 3.38. The van der Waals surface area contributed by atoms with E-state index in [1.54, 1.807) is 6.92 Å². The van der Waals surface area contributed by atoms with Gasteiger partial charge in [0.2, 0.25) is 0 Å². The van der Waals surface area contributed by atoms with E-state index in [-0.39, 0.29) is 5.92 Å². The minimum Gasteiger partial charge on any atom is -0.366 e. The number of aryl methyl sites for hydroxylation is 1. The van der Waals surface area contributed by atoms with E-state index in [9.17, 15) is 9.59 Å². The number of aromatic nitrogens is 2. The molecule has 0 bridgehead atoms. The number of aliphatic hydroxyl groups excluding tert-OH is 1. The van der Waals surface area contributed by atoms with Crippen LogP contribution in [-0.4, -0.2) is 32.2 Å². The average molecular weight is 256 g/mol. The van der Waals surface area contributed by atoms with Crippen molar-refractivity contribution in [2.24, 2.45) is 5.92 Å².